The first-order chi connectivity index (χ1) is 8.17. The van der Waals surface area contributed by atoms with Crippen molar-refractivity contribution < 1.29 is 0 Å². The van der Waals surface area contributed by atoms with Gasteiger partial charge in [-0.1, -0.05) is 0 Å². The van der Waals surface area contributed by atoms with Gasteiger partial charge in [0.2, 0.25) is 5.95 Å². The molecule has 0 saturated carbocycles. The van der Waals surface area contributed by atoms with Crippen LogP contribution in [0.5, 0.6) is 0 Å². The maximum Gasteiger partial charge on any atom is 0.223 e. The highest BCUT2D eigenvalue weighted by Gasteiger charge is 2.05. The lowest BCUT2D eigenvalue weighted by molar-refractivity contribution is 0.971. The molecule has 0 spiro atoms. The number of nitrogens with zero attached hydrogens (tertiary/aromatic N) is 4. The highest BCUT2D eigenvalue weighted by atomic mass is 32.2. The second-order valence-electron chi connectivity index (χ2n) is 3.07. The van der Waals surface area contributed by atoms with Crippen molar-refractivity contribution in [3.63, 3.8) is 0 Å². The first-order valence-electron chi connectivity index (χ1n) is 4.76. The lowest BCUT2D eigenvalue weighted by Gasteiger charge is -2.03. The predicted molar refractivity (Wildman–Crippen MR) is 66.6 cm³/mol. The summed E-state index contributed by atoms with van der Waals surface area (Å²) in [6.07, 6.45) is 1.65. The summed E-state index contributed by atoms with van der Waals surface area (Å²) in [5.74, 6) is 1.21. The van der Waals surface area contributed by atoms with Crippen LogP contribution >= 0.6 is 11.8 Å². The predicted octanol–water partition coefficient (Wildman–Crippen LogP) is 0.624. The number of aromatic nitrogens is 4. The SMILES string of the molecule is CNc1nccc(Sc2nc(N)cc(N)n2)n1. The van der Waals surface area contributed by atoms with Gasteiger partial charge in [-0.05, 0) is 17.8 Å². The summed E-state index contributed by atoms with van der Waals surface area (Å²) >= 11 is 1.27. The van der Waals surface area contributed by atoms with Gasteiger partial charge in [-0.2, -0.15) is 0 Å². The van der Waals surface area contributed by atoms with Gasteiger partial charge in [-0.15, -0.1) is 0 Å². The molecule has 0 radical (unpaired) electrons. The summed E-state index contributed by atoms with van der Waals surface area (Å²) in [5.41, 5.74) is 11.2. The van der Waals surface area contributed by atoms with Crippen molar-refractivity contribution in [1.82, 2.24) is 19.9 Å². The van der Waals surface area contributed by atoms with Gasteiger partial charge in [0.15, 0.2) is 5.16 Å². The maximum absolute atomic E-state index is 5.58. The molecular formula is C9H11N7S. The molecule has 2 aromatic heterocycles. The van der Waals surface area contributed by atoms with Crippen LogP contribution in [0.1, 0.15) is 0 Å². The van der Waals surface area contributed by atoms with Crippen LogP contribution < -0.4 is 16.8 Å². The fraction of sp³-hybridized carbons (Fsp3) is 0.111. The Kier molecular flexibility index (Phi) is 3.24. The largest absolute Gasteiger partial charge is 0.383 e. The summed E-state index contributed by atoms with van der Waals surface area (Å²) in [6.45, 7) is 0. The van der Waals surface area contributed by atoms with Crippen LogP contribution in [-0.4, -0.2) is 27.0 Å². The number of hydrogen-bond acceptors (Lipinski definition) is 8. The Morgan fingerprint density at radius 1 is 1.18 bits per heavy atom. The molecule has 0 aromatic carbocycles. The van der Waals surface area contributed by atoms with E-state index in [0.717, 1.165) is 0 Å². The molecule has 0 saturated heterocycles. The molecule has 0 fully saturated rings. The standard InChI is InChI=1S/C9H11N7S/c1-12-8-13-3-2-7(16-8)17-9-14-5(10)4-6(11)15-9/h2-4H,1H3,(H,12,13,16)(H4,10,11,14,15). The molecular weight excluding hydrogens is 238 g/mol. The van der Waals surface area contributed by atoms with Gasteiger partial charge in [0.05, 0.1) is 0 Å². The van der Waals surface area contributed by atoms with Crippen molar-refractivity contribution in [2.24, 2.45) is 0 Å². The molecule has 0 amide bonds. The van der Waals surface area contributed by atoms with Crippen molar-refractivity contribution in [2.45, 2.75) is 10.2 Å². The molecule has 2 rings (SSSR count). The van der Waals surface area contributed by atoms with E-state index in [-0.39, 0.29) is 0 Å². The van der Waals surface area contributed by atoms with E-state index in [4.69, 9.17) is 11.5 Å². The van der Waals surface area contributed by atoms with Crippen LogP contribution in [0.2, 0.25) is 0 Å². The minimum absolute atomic E-state index is 0.336. The smallest absolute Gasteiger partial charge is 0.223 e. The van der Waals surface area contributed by atoms with E-state index in [0.29, 0.717) is 27.8 Å². The molecule has 0 atom stereocenters. The van der Waals surface area contributed by atoms with E-state index in [1.165, 1.54) is 17.8 Å². The van der Waals surface area contributed by atoms with Crippen LogP contribution in [0.25, 0.3) is 0 Å². The Bertz CT molecular complexity index is 510. The molecule has 0 aliphatic heterocycles. The van der Waals surface area contributed by atoms with E-state index in [1.807, 2.05) is 0 Å². The van der Waals surface area contributed by atoms with Crippen molar-refractivity contribution in [3.8, 4) is 0 Å². The molecule has 2 heterocycles. The second-order valence-corrected chi connectivity index (χ2v) is 4.06. The molecule has 17 heavy (non-hydrogen) atoms. The highest BCUT2D eigenvalue weighted by molar-refractivity contribution is 7.99. The third-order valence-electron chi connectivity index (χ3n) is 1.79. The average Bonchev–Trinajstić information content (AvgIpc) is 2.28. The lowest BCUT2D eigenvalue weighted by atomic mass is 10.5. The molecule has 5 N–H and O–H groups in total. The molecule has 0 aliphatic rings. The zero-order chi connectivity index (χ0) is 12.3. The minimum Gasteiger partial charge on any atom is -0.383 e. The quantitative estimate of drug-likeness (QED) is 0.535. The molecule has 0 bridgehead atoms. The third-order valence-corrected chi connectivity index (χ3v) is 2.60. The first kappa shape index (κ1) is 11.4. The monoisotopic (exact) mass is 249 g/mol. The highest BCUT2D eigenvalue weighted by Crippen LogP contribution is 2.24. The van der Waals surface area contributed by atoms with Gasteiger partial charge in [0.1, 0.15) is 16.7 Å². The zero-order valence-electron chi connectivity index (χ0n) is 9.08. The van der Waals surface area contributed by atoms with Gasteiger partial charge >= 0.3 is 0 Å². The lowest BCUT2D eigenvalue weighted by Crippen LogP contribution is -2.00. The Morgan fingerprint density at radius 2 is 1.88 bits per heavy atom. The number of anilines is 3. The molecule has 2 aromatic rings. The van der Waals surface area contributed by atoms with E-state index in [1.54, 1.807) is 19.3 Å². The van der Waals surface area contributed by atoms with Gasteiger partial charge < -0.3 is 16.8 Å². The van der Waals surface area contributed by atoms with Gasteiger partial charge in [0, 0.05) is 19.3 Å². The fourth-order valence-corrected chi connectivity index (χ4v) is 1.87. The second kappa shape index (κ2) is 4.83. The number of hydrogen-bond donors (Lipinski definition) is 3. The fourth-order valence-electron chi connectivity index (χ4n) is 1.12. The molecule has 7 nitrogen and oxygen atoms in total. The van der Waals surface area contributed by atoms with Gasteiger partial charge in [0.25, 0.3) is 0 Å². The maximum atomic E-state index is 5.58. The normalized spacial score (nSPS) is 10.2. The summed E-state index contributed by atoms with van der Waals surface area (Å²) in [4.78, 5) is 16.3. The Labute approximate surface area is 102 Å². The van der Waals surface area contributed by atoms with Crippen LogP contribution in [0, 0.1) is 0 Å². The number of nitrogens with one attached hydrogen (secondary N) is 1. The van der Waals surface area contributed by atoms with Gasteiger partial charge in [-0.25, -0.2) is 19.9 Å². The van der Waals surface area contributed by atoms with E-state index >= 15 is 0 Å². The third kappa shape index (κ3) is 2.94. The van der Waals surface area contributed by atoms with Crippen LogP contribution in [0.4, 0.5) is 17.6 Å². The van der Waals surface area contributed by atoms with Crippen LogP contribution in [0.3, 0.4) is 0 Å². The van der Waals surface area contributed by atoms with Crippen LogP contribution in [-0.2, 0) is 0 Å². The first-order valence-corrected chi connectivity index (χ1v) is 5.57. The number of nitrogens with two attached hydrogens (primary N) is 2. The van der Waals surface area contributed by atoms with Crippen molar-refractivity contribution in [1.29, 1.82) is 0 Å². The summed E-state index contributed by atoms with van der Waals surface area (Å²) in [5, 5.41) is 4.03. The molecule has 88 valence electrons. The summed E-state index contributed by atoms with van der Waals surface area (Å²) < 4.78 is 0. The van der Waals surface area contributed by atoms with E-state index in [9.17, 15) is 0 Å². The summed E-state index contributed by atoms with van der Waals surface area (Å²) in [7, 11) is 1.75. The number of nitrogen functional groups attached to an aromatic ring is 2. The van der Waals surface area contributed by atoms with E-state index in [2.05, 4.69) is 25.3 Å². The molecule has 0 aliphatic carbocycles. The van der Waals surface area contributed by atoms with Crippen LogP contribution in [0.15, 0.2) is 28.5 Å². The van der Waals surface area contributed by atoms with Crippen molar-refractivity contribution >= 4 is 29.3 Å². The summed E-state index contributed by atoms with van der Waals surface area (Å²) in [6, 6.07) is 3.26. The number of rotatable bonds is 3. The van der Waals surface area contributed by atoms with Crippen molar-refractivity contribution in [2.75, 3.05) is 23.8 Å². The van der Waals surface area contributed by atoms with Gasteiger partial charge in [-0.3, -0.25) is 0 Å². The minimum atomic E-state index is 0.336. The Balaban J connectivity index is 2.24. The molecule has 0 unspecified atom stereocenters. The van der Waals surface area contributed by atoms with E-state index < -0.39 is 0 Å². The molecule has 8 heteroatoms. The Morgan fingerprint density at radius 3 is 2.53 bits per heavy atom. The average molecular weight is 249 g/mol. The Hall–Kier alpha value is -2.09. The zero-order valence-corrected chi connectivity index (χ0v) is 9.90. The van der Waals surface area contributed by atoms with Crippen molar-refractivity contribution in [3.05, 3.63) is 18.3 Å². The topological polar surface area (TPSA) is 116 Å².